The Morgan fingerprint density at radius 1 is 1.38 bits per heavy atom. The minimum atomic E-state index is -0.322. The molecular weight excluding hydrogens is 224 g/mol. The van der Waals surface area contributed by atoms with Crippen molar-refractivity contribution >= 4 is 17.4 Å². The van der Waals surface area contributed by atoms with Crippen LogP contribution in [0.3, 0.4) is 0 Å². The summed E-state index contributed by atoms with van der Waals surface area (Å²) in [5, 5.41) is 0.580. The van der Waals surface area contributed by atoms with Gasteiger partial charge in [-0.05, 0) is 31.0 Å². The Morgan fingerprint density at radius 3 is 2.69 bits per heavy atom. The van der Waals surface area contributed by atoms with Gasteiger partial charge in [-0.25, -0.2) is 0 Å². The first-order valence-electron chi connectivity index (χ1n) is 5.62. The maximum Gasteiger partial charge on any atom is 0.170 e. The van der Waals surface area contributed by atoms with Gasteiger partial charge in [-0.3, -0.25) is 4.79 Å². The number of hydrogen-bond donors (Lipinski definition) is 0. The van der Waals surface area contributed by atoms with Crippen molar-refractivity contribution in [3.8, 4) is 5.75 Å². The number of halogens is 1. The van der Waals surface area contributed by atoms with Crippen LogP contribution in [0.2, 0.25) is 5.02 Å². The summed E-state index contributed by atoms with van der Waals surface area (Å²) in [7, 11) is 0. The Kier molecular flexibility index (Phi) is 2.94. The van der Waals surface area contributed by atoms with Crippen molar-refractivity contribution in [1.29, 1.82) is 0 Å². The minimum Gasteiger partial charge on any atom is -0.486 e. The molecule has 1 aromatic rings. The summed E-state index contributed by atoms with van der Waals surface area (Å²) in [5.41, 5.74) is 0.294. The average molecular weight is 239 g/mol. The third-order valence-corrected chi connectivity index (χ3v) is 3.57. The van der Waals surface area contributed by atoms with E-state index in [1.807, 2.05) is 0 Å². The molecule has 16 heavy (non-hydrogen) atoms. The number of benzene rings is 1. The maximum atomic E-state index is 12.0. The number of carbonyl (C=O) groups excluding carboxylic acids is 1. The summed E-state index contributed by atoms with van der Waals surface area (Å²) in [6.45, 7) is 4.11. The number of ether oxygens (including phenoxy) is 1. The Bertz CT molecular complexity index is 422. The van der Waals surface area contributed by atoms with Crippen molar-refractivity contribution in [2.75, 3.05) is 0 Å². The first kappa shape index (κ1) is 11.5. The Hall–Kier alpha value is -1.02. The second-order valence-electron chi connectivity index (χ2n) is 4.23. The third-order valence-electron chi connectivity index (χ3n) is 3.34. The average Bonchev–Trinajstić information content (AvgIpc) is 2.30. The molecule has 0 aliphatic carbocycles. The van der Waals surface area contributed by atoms with Gasteiger partial charge >= 0.3 is 0 Å². The first-order chi connectivity index (χ1) is 7.60. The fraction of sp³-hybridized carbons (Fsp3) is 0.462. The van der Waals surface area contributed by atoms with Crippen LogP contribution in [0.5, 0.6) is 5.75 Å². The van der Waals surface area contributed by atoms with Crippen molar-refractivity contribution in [2.24, 2.45) is 0 Å². The van der Waals surface area contributed by atoms with Crippen molar-refractivity contribution < 1.29 is 9.53 Å². The van der Waals surface area contributed by atoms with Gasteiger partial charge in [-0.1, -0.05) is 25.4 Å². The molecule has 0 N–H and O–H groups in total. The van der Waals surface area contributed by atoms with Crippen LogP contribution in [0.15, 0.2) is 18.2 Å². The summed E-state index contributed by atoms with van der Waals surface area (Å²) < 4.78 is 5.96. The summed E-state index contributed by atoms with van der Waals surface area (Å²) in [6, 6.07) is 5.23. The zero-order chi connectivity index (χ0) is 11.8. The number of rotatable bonds is 2. The van der Waals surface area contributed by atoms with E-state index < -0.39 is 0 Å². The second-order valence-corrected chi connectivity index (χ2v) is 4.67. The Morgan fingerprint density at radius 2 is 2.06 bits per heavy atom. The van der Waals surface area contributed by atoms with Crippen molar-refractivity contribution in [3.63, 3.8) is 0 Å². The van der Waals surface area contributed by atoms with Crippen LogP contribution in [0, 0.1) is 0 Å². The number of hydrogen-bond acceptors (Lipinski definition) is 2. The summed E-state index contributed by atoms with van der Waals surface area (Å²) in [6.07, 6.45) is 2.14. The molecule has 0 fully saturated rings. The van der Waals surface area contributed by atoms with E-state index in [9.17, 15) is 4.79 Å². The lowest BCUT2D eigenvalue weighted by Gasteiger charge is -2.36. The van der Waals surface area contributed by atoms with Gasteiger partial charge in [-0.15, -0.1) is 0 Å². The molecule has 0 unspecified atom stereocenters. The van der Waals surface area contributed by atoms with Gasteiger partial charge in [0.1, 0.15) is 11.4 Å². The molecule has 2 nitrogen and oxygen atoms in total. The SMILES string of the molecule is CCC1(CC)CC(=O)c2cc(Cl)ccc2O1. The van der Waals surface area contributed by atoms with E-state index in [1.165, 1.54) is 0 Å². The quantitative estimate of drug-likeness (QED) is 0.782. The van der Waals surface area contributed by atoms with Crippen molar-refractivity contribution in [3.05, 3.63) is 28.8 Å². The molecule has 0 amide bonds. The maximum absolute atomic E-state index is 12.0. The molecule has 0 saturated carbocycles. The van der Waals surface area contributed by atoms with Gasteiger partial charge in [0.25, 0.3) is 0 Å². The monoisotopic (exact) mass is 238 g/mol. The van der Waals surface area contributed by atoms with Crippen LogP contribution in [0.25, 0.3) is 0 Å². The van der Waals surface area contributed by atoms with Gasteiger partial charge in [0, 0.05) is 5.02 Å². The van der Waals surface area contributed by atoms with Crippen LogP contribution < -0.4 is 4.74 Å². The highest BCUT2D eigenvalue weighted by Gasteiger charge is 2.37. The molecule has 0 saturated heterocycles. The van der Waals surface area contributed by atoms with Crippen LogP contribution >= 0.6 is 11.6 Å². The van der Waals surface area contributed by atoms with E-state index in [0.717, 1.165) is 12.8 Å². The fourth-order valence-corrected chi connectivity index (χ4v) is 2.28. The van der Waals surface area contributed by atoms with E-state index in [1.54, 1.807) is 18.2 Å². The van der Waals surface area contributed by atoms with Gasteiger partial charge in [0.05, 0.1) is 12.0 Å². The third kappa shape index (κ3) is 1.82. The number of carbonyl (C=O) groups is 1. The smallest absolute Gasteiger partial charge is 0.170 e. The summed E-state index contributed by atoms with van der Waals surface area (Å²) >= 11 is 5.87. The van der Waals surface area contributed by atoms with Gasteiger partial charge < -0.3 is 4.74 Å². The lowest BCUT2D eigenvalue weighted by Crippen LogP contribution is -2.40. The second kappa shape index (κ2) is 4.10. The Balaban J connectivity index is 2.44. The highest BCUT2D eigenvalue weighted by atomic mass is 35.5. The molecule has 0 radical (unpaired) electrons. The van der Waals surface area contributed by atoms with Crippen molar-refractivity contribution in [2.45, 2.75) is 38.7 Å². The van der Waals surface area contributed by atoms with E-state index in [0.29, 0.717) is 22.8 Å². The number of Topliss-reactive ketones (excluding diaryl/α,β-unsaturated/α-hetero) is 1. The van der Waals surface area contributed by atoms with Crippen molar-refractivity contribution in [1.82, 2.24) is 0 Å². The molecule has 2 rings (SSSR count). The molecule has 1 aliphatic rings. The first-order valence-corrected chi connectivity index (χ1v) is 6.00. The topological polar surface area (TPSA) is 26.3 Å². The predicted molar refractivity (Wildman–Crippen MR) is 64.3 cm³/mol. The molecule has 0 atom stereocenters. The minimum absolute atomic E-state index is 0.132. The van der Waals surface area contributed by atoms with Crippen LogP contribution in [-0.2, 0) is 0 Å². The largest absolute Gasteiger partial charge is 0.486 e. The number of fused-ring (bicyclic) bond motifs is 1. The molecule has 1 aliphatic heterocycles. The van der Waals surface area contributed by atoms with Crippen LogP contribution in [-0.4, -0.2) is 11.4 Å². The molecule has 0 bridgehead atoms. The number of ketones is 1. The standard InChI is InChI=1S/C13H15ClO2/c1-3-13(4-2)8-11(15)10-7-9(14)5-6-12(10)16-13/h5-7H,3-4,8H2,1-2H3. The van der Waals surface area contributed by atoms with Gasteiger partial charge in [0.15, 0.2) is 5.78 Å². The molecule has 3 heteroatoms. The highest BCUT2D eigenvalue weighted by molar-refractivity contribution is 6.31. The molecular formula is C13H15ClO2. The predicted octanol–water partition coefficient (Wildman–Crippen LogP) is 3.86. The van der Waals surface area contributed by atoms with Gasteiger partial charge in [0.2, 0.25) is 0 Å². The van der Waals surface area contributed by atoms with E-state index in [-0.39, 0.29) is 11.4 Å². The summed E-state index contributed by atoms with van der Waals surface area (Å²) in [5.74, 6) is 0.803. The molecule has 0 aromatic heterocycles. The Labute approximate surface area is 101 Å². The fourth-order valence-electron chi connectivity index (χ4n) is 2.11. The normalized spacial score (nSPS) is 17.8. The molecule has 1 heterocycles. The molecule has 0 spiro atoms. The molecule has 86 valence electrons. The zero-order valence-electron chi connectivity index (χ0n) is 9.55. The molecule has 1 aromatic carbocycles. The summed E-state index contributed by atoms with van der Waals surface area (Å²) in [4.78, 5) is 12.0. The lowest BCUT2D eigenvalue weighted by atomic mass is 9.86. The highest BCUT2D eigenvalue weighted by Crippen LogP contribution is 2.38. The van der Waals surface area contributed by atoms with E-state index in [2.05, 4.69) is 13.8 Å². The van der Waals surface area contributed by atoms with Crippen LogP contribution in [0.1, 0.15) is 43.5 Å². The van der Waals surface area contributed by atoms with E-state index >= 15 is 0 Å². The van der Waals surface area contributed by atoms with E-state index in [4.69, 9.17) is 16.3 Å². The lowest BCUT2D eigenvalue weighted by molar-refractivity contribution is 0.0350. The van der Waals surface area contributed by atoms with Gasteiger partial charge in [-0.2, -0.15) is 0 Å². The zero-order valence-corrected chi connectivity index (χ0v) is 10.3. The van der Waals surface area contributed by atoms with Crippen LogP contribution in [0.4, 0.5) is 0 Å².